The molecule has 2 heterocycles. The molecule has 0 aliphatic carbocycles. The zero-order valence-electron chi connectivity index (χ0n) is 11.3. The largest absolute Gasteiger partial charge is 0.390 e. The van der Waals surface area contributed by atoms with Crippen molar-refractivity contribution in [3.63, 3.8) is 0 Å². The van der Waals surface area contributed by atoms with Gasteiger partial charge in [0.2, 0.25) is 10.1 Å². The normalized spacial score (nSPS) is 18.4. The number of aromatic nitrogens is 2. The number of carbonyl (C=O) groups excluding carboxylic acids is 1. The summed E-state index contributed by atoms with van der Waals surface area (Å²) in [6, 6.07) is 0. The van der Waals surface area contributed by atoms with Crippen molar-refractivity contribution in [1.29, 1.82) is 0 Å². The minimum Gasteiger partial charge on any atom is -0.390 e. The van der Waals surface area contributed by atoms with Gasteiger partial charge in [0.25, 0.3) is 5.91 Å². The Morgan fingerprint density at radius 3 is 2.79 bits per heavy atom. The van der Waals surface area contributed by atoms with Crippen LogP contribution in [0.4, 0.5) is 5.13 Å². The number of anilines is 1. The van der Waals surface area contributed by atoms with Gasteiger partial charge in [-0.3, -0.25) is 4.79 Å². The Labute approximate surface area is 116 Å². The number of hydrogen-bond donors (Lipinski definition) is 2. The van der Waals surface area contributed by atoms with E-state index in [0.717, 1.165) is 13.0 Å². The second-order valence-corrected chi connectivity index (χ2v) is 6.11. The molecule has 1 amide bonds. The Kier molecular flexibility index (Phi) is 4.36. The van der Waals surface area contributed by atoms with Gasteiger partial charge in [-0.2, -0.15) is 0 Å². The zero-order chi connectivity index (χ0) is 13.9. The summed E-state index contributed by atoms with van der Waals surface area (Å²) in [6.45, 7) is 5.86. The van der Waals surface area contributed by atoms with Crippen LogP contribution in [0.1, 0.15) is 42.9 Å². The molecule has 0 aromatic carbocycles. The predicted molar refractivity (Wildman–Crippen MR) is 74.5 cm³/mol. The van der Waals surface area contributed by atoms with Crippen LogP contribution in [0.2, 0.25) is 0 Å². The molecule has 0 atom stereocenters. The third-order valence-corrected chi connectivity index (χ3v) is 4.13. The lowest BCUT2D eigenvalue weighted by molar-refractivity contribution is -0.00205. The molecule has 1 aromatic rings. The highest BCUT2D eigenvalue weighted by Crippen LogP contribution is 2.24. The molecule has 1 aromatic heterocycles. The quantitative estimate of drug-likeness (QED) is 0.872. The molecule has 2 rings (SSSR count). The van der Waals surface area contributed by atoms with Crippen LogP contribution >= 0.6 is 11.3 Å². The molecular formula is C12H20N4O2S. The van der Waals surface area contributed by atoms with Crippen LogP contribution in [0.25, 0.3) is 0 Å². The van der Waals surface area contributed by atoms with Gasteiger partial charge in [-0.15, -0.1) is 10.2 Å². The number of hydrogen-bond acceptors (Lipinski definition) is 6. The second-order valence-electron chi connectivity index (χ2n) is 5.13. The van der Waals surface area contributed by atoms with Crippen molar-refractivity contribution in [2.45, 2.75) is 38.7 Å². The molecule has 6 nitrogen and oxygen atoms in total. The average molecular weight is 284 g/mol. The van der Waals surface area contributed by atoms with E-state index in [1.807, 2.05) is 6.92 Å². The van der Waals surface area contributed by atoms with E-state index < -0.39 is 5.60 Å². The van der Waals surface area contributed by atoms with Gasteiger partial charge >= 0.3 is 0 Å². The number of carbonyl (C=O) groups is 1. The van der Waals surface area contributed by atoms with Crippen molar-refractivity contribution >= 4 is 22.4 Å². The molecule has 1 aliphatic rings. The van der Waals surface area contributed by atoms with Gasteiger partial charge in [-0.1, -0.05) is 18.3 Å². The first kappa shape index (κ1) is 14.2. The number of amides is 1. The maximum Gasteiger partial charge on any atom is 0.284 e. The summed E-state index contributed by atoms with van der Waals surface area (Å²) in [4.78, 5) is 14.0. The van der Waals surface area contributed by atoms with E-state index in [4.69, 9.17) is 0 Å². The Bertz CT molecular complexity index is 437. The van der Waals surface area contributed by atoms with Crippen molar-refractivity contribution < 1.29 is 9.90 Å². The van der Waals surface area contributed by atoms with Crippen molar-refractivity contribution in [2.75, 3.05) is 25.0 Å². The zero-order valence-corrected chi connectivity index (χ0v) is 12.2. The lowest BCUT2D eigenvalue weighted by atomic mass is 9.94. The van der Waals surface area contributed by atoms with E-state index in [1.54, 1.807) is 4.90 Å². The van der Waals surface area contributed by atoms with E-state index in [2.05, 4.69) is 22.4 Å². The third kappa shape index (κ3) is 3.63. The van der Waals surface area contributed by atoms with Gasteiger partial charge in [-0.05, 0) is 26.2 Å². The first-order valence-electron chi connectivity index (χ1n) is 6.61. The van der Waals surface area contributed by atoms with Crippen LogP contribution in [0.15, 0.2) is 0 Å². The molecule has 0 bridgehead atoms. The van der Waals surface area contributed by atoms with Crippen molar-refractivity contribution in [1.82, 2.24) is 15.1 Å². The fourth-order valence-electron chi connectivity index (χ4n) is 1.94. The van der Waals surface area contributed by atoms with E-state index in [1.165, 1.54) is 11.3 Å². The Balaban J connectivity index is 1.94. The summed E-state index contributed by atoms with van der Waals surface area (Å²) in [5, 5.41) is 22.0. The highest BCUT2D eigenvalue weighted by atomic mass is 32.1. The fourth-order valence-corrected chi connectivity index (χ4v) is 2.68. The average Bonchev–Trinajstić information content (AvgIpc) is 2.84. The Morgan fingerprint density at radius 1 is 1.47 bits per heavy atom. The third-order valence-electron chi connectivity index (χ3n) is 3.26. The molecule has 1 aliphatic heterocycles. The Morgan fingerprint density at radius 2 is 2.16 bits per heavy atom. The number of piperidine rings is 1. The maximum absolute atomic E-state index is 12.2. The highest BCUT2D eigenvalue weighted by molar-refractivity contribution is 7.17. The lowest BCUT2D eigenvalue weighted by Crippen LogP contribution is -2.45. The lowest BCUT2D eigenvalue weighted by Gasteiger charge is -2.35. The molecule has 0 saturated carbocycles. The van der Waals surface area contributed by atoms with E-state index in [9.17, 15) is 9.90 Å². The van der Waals surface area contributed by atoms with Gasteiger partial charge < -0.3 is 15.3 Å². The summed E-state index contributed by atoms with van der Waals surface area (Å²) in [5.74, 6) is -0.0856. The topological polar surface area (TPSA) is 78.4 Å². The van der Waals surface area contributed by atoms with Crippen LogP contribution in [0.3, 0.4) is 0 Å². The van der Waals surface area contributed by atoms with Crippen molar-refractivity contribution in [3.8, 4) is 0 Å². The first-order chi connectivity index (χ1) is 9.02. The standard InChI is InChI=1S/C12H20N4O2S/c1-3-6-13-11-15-14-9(19-11)10(17)16-7-4-12(2,18)5-8-16/h18H,3-8H2,1-2H3,(H,13,15). The number of nitrogens with one attached hydrogen (secondary N) is 1. The molecule has 1 saturated heterocycles. The first-order valence-corrected chi connectivity index (χ1v) is 7.42. The number of likely N-dealkylation sites (tertiary alicyclic amines) is 1. The van der Waals surface area contributed by atoms with Crippen LogP contribution < -0.4 is 5.32 Å². The van der Waals surface area contributed by atoms with Crippen LogP contribution in [-0.4, -0.2) is 51.3 Å². The van der Waals surface area contributed by atoms with E-state index >= 15 is 0 Å². The molecule has 106 valence electrons. The predicted octanol–water partition coefficient (Wildman–Crippen LogP) is 1.35. The van der Waals surface area contributed by atoms with Crippen LogP contribution in [0, 0.1) is 0 Å². The van der Waals surface area contributed by atoms with Gasteiger partial charge in [0.15, 0.2) is 0 Å². The van der Waals surface area contributed by atoms with Crippen LogP contribution in [-0.2, 0) is 0 Å². The van der Waals surface area contributed by atoms with Gasteiger partial charge in [0.05, 0.1) is 5.60 Å². The minimum absolute atomic E-state index is 0.0856. The molecule has 2 N–H and O–H groups in total. The van der Waals surface area contributed by atoms with E-state index in [-0.39, 0.29) is 5.91 Å². The summed E-state index contributed by atoms with van der Waals surface area (Å²) in [7, 11) is 0. The summed E-state index contributed by atoms with van der Waals surface area (Å²) < 4.78 is 0. The second kappa shape index (κ2) is 5.83. The van der Waals surface area contributed by atoms with Crippen LogP contribution in [0.5, 0.6) is 0 Å². The van der Waals surface area contributed by atoms with Gasteiger partial charge in [-0.25, -0.2) is 0 Å². The summed E-state index contributed by atoms with van der Waals surface area (Å²) in [5.41, 5.74) is -0.647. The van der Waals surface area contributed by atoms with Crippen molar-refractivity contribution in [2.24, 2.45) is 0 Å². The molecule has 1 fully saturated rings. The smallest absolute Gasteiger partial charge is 0.284 e. The number of nitrogens with zero attached hydrogens (tertiary/aromatic N) is 3. The molecule has 0 unspecified atom stereocenters. The minimum atomic E-state index is -0.647. The molecule has 7 heteroatoms. The van der Waals surface area contributed by atoms with E-state index in [0.29, 0.717) is 36.1 Å². The highest BCUT2D eigenvalue weighted by Gasteiger charge is 2.31. The number of aliphatic hydroxyl groups is 1. The molecule has 19 heavy (non-hydrogen) atoms. The summed E-state index contributed by atoms with van der Waals surface area (Å²) >= 11 is 1.29. The maximum atomic E-state index is 12.2. The monoisotopic (exact) mass is 284 g/mol. The van der Waals surface area contributed by atoms with Gasteiger partial charge in [0, 0.05) is 19.6 Å². The van der Waals surface area contributed by atoms with Gasteiger partial charge in [0.1, 0.15) is 0 Å². The van der Waals surface area contributed by atoms with Crippen molar-refractivity contribution in [3.05, 3.63) is 5.01 Å². The SMILES string of the molecule is CCCNc1nnc(C(=O)N2CCC(C)(O)CC2)s1. The molecule has 0 spiro atoms. The molecule has 0 radical (unpaired) electrons. The number of rotatable bonds is 4. The summed E-state index contributed by atoms with van der Waals surface area (Å²) in [6.07, 6.45) is 2.22. The fraction of sp³-hybridized carbons (Fsp3) is 0.750. The Hall–Kier alpha value is -1.21. The molecular weight excluding hydrogens is 264 g/mol.